The number of hydrogen-bond acceptors (Lipinski definition) is 5. The molecule has 0 atom stereocenters. The van der Waals surface area contributed by atoms with E-state index in [0.29, 0.717) is 0 Å². The lowest BCUT2D eigenvalue weighted by Gasteiger charge is -2.36. The molecule has 0 saturated carbocycles. The van der Waals surface area contributed by atoms with Crippen LogP contribution in [0.25, 0.3) is 0 Å². The molecule has 6 heteroatoms. The lowest BCUT2D eigenvalue weighted by Crippen LogP contribution is -2.46. The summed E-state index contributed by atoms with van der Waals surface area (Å²) in [7, 11) is 0. The Hall–Kier alpha value is -1.17. The third-order valence-corrected chi connectivity index (χ3v) is 6.36. The number of thioether (sulfide) groups is 1. The van der Waals surface area contributed by atoms with Gasteiger partial charge in [-0.15, -0.1) is 0 Å². The molecule has 134 valence electrons. The molecule has 3 heterocycles. The highest BCUT2D eigenvalue weighted by molar-refractivity contribution is 7.98. The van der Waals surface area contributed by atoms with E-state index < -0.39 is 0 Å². The lowest BCUT2D eigenvalue weighted by atomic mass is 10.1. The fourth-order valence-corrected chi connectivity index (χ4v) is 4.77. The molecular formula is C19H24ClN3OS. The first-order chi connectivity index (χ1) is 12.3. The molecule has 4 nitrogen and oxygen atoms in total. The van der Waals surface area contributed by atoms with E-state index in [1.54, 1.807) is 0 Å². The summed E-state index contributed by atoms with van der Waals surface area (Å²) in [4.78, 5) is 5.00. The number of hydrogen-bond donors (Lipinski definition) is 0. The van der Waals surface area contributed by atoms with E-state index >= 15 is 0 Å². The van der Waals surface area contributed by atoms with Crippen molar-refractivity contribution in [3.63, 3.8) is 0 Å². The summed E-state index contributed by atoms with van der Waals surface area (Å²) in [6.45, 7) is 5.53. The zero-order chi connectivity index (χ0) is 17.1. The molecule has 4 rings (SSSR count). The largest absolute Gasteiger partial charge is 0.369 e. The van der Waals surface area contributed by atoms with Crippen molar-refractivity contribution >= 4 is 29.1 Å². The van der Waals surface area contributed by atoms with Gasteiger partial charge in [-0.2, -0.15) is 11.8 Å². The van der Waals surface area contributed by atoms with Crippen molar-refractivity contribution in [1.29, 1.82) is 0 Å². The molecule has 0 spiro atoms. The Labute approximate surface area is 158 Å². The molecular weight excluding hydrogens is 354 g/mol. The summed E-state index contributed by atoms with van der Waals surface area (Å²) >= 11 is 7.97. The maximum absolute atomic E-state index is 5.98. The Balaban J connectivity index is 1.23. The van der Waals surface area contributed by atoms with Crippen LogP contribution < -0.4 is 4.90 Å². The molecule has 0 unspecified atom stereocenters. The molecule has 0 aliphatic carbocycles. The first kappa shape index (κ1) is 17.3. The quantitative estimate of drug-likeness (QED) is 0.789. The molecule has 1 aromatic carbocycles. The number of aromatic nitrogens is 1. The molecule has 0 amide bonds. The van der Waals surface area contributed by atoms with E-state index in [9.17, 15) is 0 Å². The van der Waals surface area contributed by atoms with Crippen LogP contribution in [0.3, 0.4) is 0 Å². The van der Waals surface area contributed by atoms with Crippen LogP contribution in [-0.2, 0) is 18.6 Å². The van der Waals surface area contributed by atoms with Gasteiger partial charge in [0.05, 0.1) is 5.69 Å². The number of piperazine rings is 1. The minimum atomic E-state index is 0.801. The molecule has 2 aliphatic rings. The van der Waals surface area contributed by atoms with Crippen LogP contribution in [0.15, 0.2) is 28.8 Å². The Bertz CT molecular complexity index is 695. The molecule has 1 aromatic heterocycles. The van der Waals surface area contributed by atoms with Gasteiger partial charge in [-0.05, 0) is 43.0 Å². The monoisotopic (exact) mass is 377 g/mol. The topological polar surface area (TPSA) is 32.5 Å². The highest BCUT2D eigenvalue weighted by Gasteiger charge is 2.20. The van der Waals surface area contributed by atoms with Crippen molar-refractivity contribution in [3.8, 4) is 0 Å². The van der Waals surface area contributed by atoms with Gasteiger partial charge in [0.2, 0.25) is 0 Å². The number of aryl methyl sites for hydroxylation is 2. The molecule has 0 N–H and O–H groups in total. The van der Waals surface area contributed by atoms with Crippen molar-refractivity contribution in [2.75, 3.05) is 43.4 Å². The Kier molecular flexibility index (Phi) is 5.54. The van der Waals surface area contributed by atoms with E-state index in [-0.39, 0.29) is 0 Å². The highest BCUT2D eigenvalue weighted by atomic mass is 35.5. The Morgan fingerprint density at radius 1 is 1.12 bits per heavy atom. The van der Waals surface area contributed by atoms with Crippen LogP contribution in [0.1, 0.15) is 23.4 Å². The number of benzene rings is 1. The first-order valence-electron chi connectivity index (χ1n) is 9.06. The second-order valence-electron chi connectivity index (χ2n) is 6.74. The third kappa shape index (κ3) is 4.15. The standard InChI is InChI=1S/C19H24ClN3OS/c20-15-3-5-16(6-4-15)23-11-9-22(10-12-23)8-1-2-19-17-14-25-13-7-18(17)21-24-19/h3-6H,1-2,7-14H2. The van der Waals surface area contributed by atoms with Crippen LogP contribution in [0.2, 0.25) is 5.02 Å². The van der Waals surface area contributed by atoms with Gasteiger partial charge in [-0.25, -0.2) is 0 Å². The summed E-state index contributed by atoms with van der Waals surface area (Å²) in [5.41, 5.74) is 3.85. The number of fused-ring (bicyclic) bond motifs is 1. The smallest absolute Gasteiger partial charge is 0.141 e. The van der Waals surface area contributed by atoms with Crippen LogP contribution in [0.5, 0.6) is 0 Å². The van der Waals surface area contributed by atoms with E-state index in [2.05, 4.69) is 27.1 Å². The third-order valence-electron chi connectivity index (χ3n) is 5.12. The molecule has 1 saturated heterocycles. The SMILES string of the molecule is Clc1ccc(N2CCN(CCCc3onc4c3CSCC4)CC2)cc1. The van der Waals surface area contributed by atoms with Gasteiger partial charge in [0.25, 0.3) is 0 Å². The van der Waals surface area contributed by atoms with Crippen LogP contribution in [0, 0.1) is 0 Å². The molecule has 2 aromatic rings. The molecule has 0 bridgehead atoms. The van der Waals surface area contributed by atoms with Crippen molar-refractivity contribution in [2.24, 2.45) is 0 Å². The van der Waals surface area contributed by atoms with Gasteiger partial charge >= 0.3 is 0 Å². The zero-order valence-electron chi connectivity index (χ0n) is 14.4. The zero-order valence-corrected chi connectivity index (χ0v) is 16.0. The summed E-state index contributed by atoms with van der Waals surface area (Å²) < 4.78 is 5.59. The minimum absolute atomic E-state index is 0.801. The van der Waals surface area contributed by atoms with Crippen LogP contribution >= 0.6 is 23.4 Å². The second-order valence-corrected chi connectivity index (χ2v) is 8.28. The fraction of sp³-hybridized carbons (Fsp3) is 0.526. The maximum Gasteiger partial charge on any atom is 0.141 e. The number of nitrogens with zero attached hydrogens (tertiary/aromatic N) is 3. The van der Waals surface area contributed by atoms with Gasteiger partial charge < -0.3 is 9.42 Å². The van der Waals surface area contributed by atoms with Crippen molar-refractivity contribution in [3.05, 3.63) is 46.3 Å². The highest BCUT2D eigenvalue weighted by Crippen LogP contribution is 2.27. The van der Waals surface area contributed by atoms with E-state index in [1.165, 1.54) is 22.7 Å². The fourth-order valence-electron chi connectivity index (χ4n) is 3.63. The number of anilines is 1. The van der Waals surface area contributed by atoms with E-state index in [0.717, 1.165) is 68.5 Å². The van der Waals surface area contributed by atoms with Crippen molar-refractivity contribution < 1.29 is 4.52 Å². The lowest BCUT2D eigenvalue weighted by molar-refractivity contribution is 0.251. The van der Waals surface area contributed by atoms with Gasteiger partial charge in [0.15, 0.2) is 0 Å². The van der Waals surface area contributed by atoms with E-state index in [1.807, 2.05) is 23.9 Å². The molecule has 25 heavy (non-hydrogen) atoms. The predicted molar refractivity (Wildman–Crippen MR) is 105 cm³/mol. The van der Waals surface area contributed by atoms with E-state index in [4.69, 9.17) is 16.1 Å². The summed E-state index contributed by atoms with van der Waals surface area (Å²) in [6, 6.07) is 8.17. The summed E-state index contributed by atoms with van der Waals surface area (Å²) in [6.07, 6.45) is 3.23. The van der Waals surface area contributed by atoms with Crippen LogP contribution in [-0.4, -0.2) is 48.5 Å². The number of rotatable bonds is 5. The first-order valence-corrected chi connectivity index (χ1v) is 10.6. The van der Waals surface area contributed by atoms with Gasteiger partial charge in [-0.1, -0.05) is 16.8 Å². The van der Waals surface area contributed by atoms with Gasteiger partial charge in [-0.3, -0.25) is 4.90 Å². The van der Waals surface area contributed by atoms with Crippen molar-refractivity contribution in [2.45, 2.75) is 25.0 Å². The van der Waals surface area contributed by atoms with Gasteiger partial charge in [0, 0.05) is 61.0 Å². The number of halogens is 1. The predicted octanol–water partition coefficient (Wildman–Crippen LogP) is 3.87. The summed E-state index contributed by atoms with van der Waals surface area (Å²) in [5, 5.41) is 5.06. The van der Waals surface area contributed by atoms with Crippen molar-refractivity contribution in [1.82, 2.24) is 10.1 Å². The molecule has 2 aliphatic heterocycles. The second kappa shape index (κ2) is 8.02. The summed E-state index contributed by atoms with van der Waals surface area (Å²) in [5.74, 6) is 3.38. The molecule has 0 radical (unpaired) electrons. The maximum atomic E-state index is 5.98. The van der Waals surface area contributed by atoms with Gasteiger partial charge in [0.1, 0.15) is 5.76 Å². The Morgan fingerprint density at radius 2 is 1.92 bits per heavy atom. The Morgan fingerprint density at radius 3 is 2.72 bits per heavy atom. The average molecular weight is 378 g/mol. The molecule has 1 fully saturated rings. The minimum Gasteiger partial charge on any atom is -0.369 e. The normalized spacial score (nSPS) is 18.4. The average Bonchev–Trinajstić information content (AvgIpc) is 3.06. The van der Waals surface area contributed by atoms with Crippen LogP contribution in [0.4, 0.5) is 5.69 Å².